The molecule has 6 nitrogen and oxygen atoms in total. The zero-order chi connectivity index (χ0) is 16.8. The van der Waals surface area contributed by atoms with E-state index in [1.165, 1.54) is 0 Å². The normalized spacial score (nSPS) is 11.4. The summed E-state index contributed by atoms with van der Waals surface area (Å²) in [5.74, 6) is 0.542. The van der Waals surface area contributed by atoms with Crippen LogP contribution in [0, 0.1) is 0 Å². The van der Waals surface area contributed by atoms with Crippen molar-refractivity contribution in [2.24, 2.45) is 0 Å². The summed E-state index contributed by atoms with van der Waals surface area (Å²) in [7, 11) is 0. The van der Waals surface area contributed by atoms with Crippen LogP contribution in [0.1, 0.15) is 0 Å². The van der Waals surface area contributed by atoms with Crippen molar-refractivity contribution in [3.05, 3.63) is 72.4 Å². The van der Waals surface area contributed by atoms with Gasteiger partial charge in [0.05, 0.1) is 29.1 Å². The number of fused-ring (bicyclic) bond motifs is 2. The number of pyridine rings is 1. The van der Waals surface area contributed by atoms with Gasteiger partial charge in [0.25, 0.3) is 5.95 Å². The van der Waals surface area contributed by atoms with Gasteiger partial charge in [-0.2, -0.15) is 0 Å². The van der Waals surface area contributed by atoms with E-state index in [1.54, 1.807) is 24.9 Å². The molecule has 4 aromatic heterocycles. The molecule has 0 atom stereocenters. The minimum atomic E-state index is 0.542. The van der Waals surface area contributed by atoms with Gasteiger partial charge in [0.15, 0.2) is 0 Å². The van der Waals surface area contributed by atoms with Gasteiger partial charge >= 0.3 is 0 Å². The Morgan fingerprint density at radius 2 is 1.92 bits per heavy atom. The third kappa shape index (κ3) is 2.27. The van der Waals surface area contributed by atoms with Crippen molar-refractivity contribution in [1.82, 2.24) is 29.1 Å². The first-order chi connectivity index (χ1) is 12.3. The maximum absolute atomic E-state index is 6.13. The van der Waals surface area contributed by atoms with E-state index in [2.05, 4.69) is 15.0 Å². The van der Waals surface area contributed by atoms with Gasteiger partial charge in [0, 0.05) is 16.8 Å². The fourth-order valence-corrected chi connectivity index (χ4v) is 3.08. The highest BCUT2D eigenvalue weighted by molar-refractivity contribution is 6.30. The molecule has 5 aromatic rings. The van der Waals surface area contributed by atoms with Crippen molar-refractivity contribution >= 4 is 28.2 Å². The van der Waals surface area contributed by atoms with E-state index >= 15 is 0 Å². The molecule has 7 heteroatoms. The van der Waals surface area contributed by atoms with Gasteiger partial charge in [0.1, 0.15) is 11.8 Å². The number of rotatable bonds is 2. The minimum Gasteiger partial charge on any atom is -0.266 e. The average Bonchev–Trinajstić information content (AvgIpc) is 3.25. The van der Waals surface area contributed by atoms with E-state index < -0.39 is 0 Å². The van der Waals surface area contributed by atoms with Gasteiger partial charge in [-0.3, -0.25) is 9.55 Å². The van der Waals surface area contributed by atoms with E-state index in [1.807, 2.05) is 51.5 Å². The molecule has 0 N–H and O–H groups in total. The quantitative estimate of drug-likeness (QED) is 0.488. The van der Waals surface area contributed by atoms with Crippen LogP contribution in [0.15, 0.2) is 67.4 Å². The Hall–Kier alpha value is -3.25. The Bertz CT molecular complexity index is 1220. The van der Waals surface area contributed by atoms with Gasteiger partial charge in [-0.25, -0.2) is 14.5 Å². The predicted octanol–water partition coefficient (Wildman–Crippen LogP) is 3.78. The molecule has 25 heavy (non-hydrogen) atoms. The lowest BCUT2D eigenvalue weighted by Crippen LogP contribution is -2.05. The summed E-state index contributed by atoms with van der Waals surface area (Å²) in [4.78, 5) is 12.9. The highest BCUT2D eigenvalue weighted by atomic mass is 35.5. The summed E-state index contributed by atoms with van der Waals surface area (Å²) in [5.41, 5.74) is 4.56. The number of halogens is 1. The lowest BCUT2D eigenvalue weighted by atomic mass is 10.2. The van der Waals surface area contributed by atoms with Gasteiger partial charge in [-0.1, -0.05) is 23.7 Å². The first-order valence-corrected chi connectivity index (χ1v) is 8.05. The van der Waals surface area contributed by atoms with Crippen molar-refractivity contribution in [3.8, 4) is 17.2 Å². The van der Waals surface area contributed by atoms with Crippen LogP contribution in [0.2, 0.25) is 5.02 Å². The number of imidazole rings is 1. The van der Waals surface area contributed by atoms with Crippen LogP contribution >= 0.6 is 11.6 Å². The van der Waals surface area contributed by atoms with E-state index in [-0.39, 0.29) is 0 Å². The monoisotopic (exact) mass is 346 g/mol. The molecule has 0 bridgehead atoms. The largest absolute Gasteiger partial charge is 0.266 e. The molecule has 5 rings (SSSR count). The van der Waals surface area contributed by atoms with Gasteiger partial charge in [-0.05, 0) is 30.3 Å². The summed E-state index contributed by atoms with van der Waals surface area (Å²) in [6.45, 7) is 0. The molecule has 1 aromatic carbocycles. The van der Waals surface area contributed by atoms with Crippen molar-refractivity contribution in [3.63, 3.8) is 0 Å². The summed E-state index contributed by atoms with van der Waals surface area (Å²) in [6, 6.07) is 13.6. The Morgan fingerprint density at radius 1 is 0.960 bits per heavy atom. The Balaban J connectivity index is 1.72. The molecular formula is C18H11ClN6. The molecule has 4 heterocycles. The number of aromatic nitrogens is 6. The number of benzene rings is 1. The Kier molecular flexibility index (Phi) is 3.05. The van der Waals surface area contributed by atoms with Gasteiger partial charge in [-0.15, -0.1) is 5.10 Å². The first kappa shape index (κ1) is 14.1. The van der Waals surface area contributed by atoms with E-state index in [9.17, 15) is 0 Å². The second-order valence-corrected chi connectivity index (χ2v) is 6.04. The molecular weight excluding hydrogens is 336 g/mol. The predicted molar refractivity (Wildman–Crippen MR) is 95.9 cm³/mol. The maximum atomic E-state index is 6.13. The molecule has 0 amide bonds. The van der Waals surface area contributed by atoms with Crippen molar-refractivity contribution in [2.75, 3.05) is 0 Å². The highest BCUT2D eigenvalue weighted by Gasteiger charge is 2.11. The van der Waals surface area contributed by atoms with Crippen molar-refractivity contribution in [2.45, 2.75) is 0 Å². The fraction of sp³-hybridized carbons (Fsp3) is 0. The molecule has 120 valence electrons. The molecule has 0 saturated carbocycles. The minimum absolute atomic E-state index is 0.542. The van der Waals surface area contributed by atoms with E-state index in [0.717, 1.165) is 27.8 Å². The first-order valence-electron chi connectivity index (χ1n) is 7.68. The second kappa shape index (κ2) is 5.39. The number of hydrogen-bond donors (Lipinski definition) is 0. The molecule has 0 unspecified atom stereocenters. The van der Waals surface area contributed by atoms with Crippen LogP contribution in [-0.4, -0.2) is 29.1 Å². The summed E-state index contributed by atoms with van der Waals surface area (Å²) in [5, 5.41) is 5.39. The summed E-state index contributed by atoms with van der Waals surface area (Å²) < 4.78 is 3.71. The molecule has 0 spiro atoms. The number of hydrogen-bond acceptors (Lipinski definition) is 4. The van der Waals surface area contributed by atoms with Gasteiger partial charge in [0.2, 0.25) is 0 Å². The van der Waals surface area contributed by atoms with Crippen LogP contribution in [-0.2, 0) is 0 Å². The summed E-state index contributed by atoms with van der Waals surface area (Å²) in [6.07, 6.45) is 6.95. The molecule has 0 aliphatic carbocycles. The average molecular weight is 347 g/mol. The maximum Gasteiger partial charge on any atom is 0.253 e. The fourth-order valence-electron chi connectivity index (χ4n) is 2.89. The standard InChI is InChI=1S/C18H11ClN6/c19-13-3-1-2-12(8-13)16-5-4-14-9-21-18(23-25(14)16)24-11-22-15-10-20-7-6-17(15)24/h1-11H. The third-order valence-corrected chi connectivity index (χ3v) is 4.31. The zero-order valence-corrected chi connectivity index (χ0v) is 13.7. The molecule has 0 saturated heterocycles. The molecule has 0 aliphatic rings. The lowest BCUT2D eigenvalue weighted by Gasteiger charge is -2.06. The van der Waals surface area contributed by atoms with E-state index in [4.69, 9.17) is 16.7 Å². The Morgan fingerprint density at radius 3 is 2.84 bits per heavy atom. The van der Waals surface area contributed by atoms with Crippen LogP contribution in [0.3, 0.4) is 0 Å². The topological polar surface area (TPSA) is 60.9 Å². The van der Waals surface area contributed by atoms with Crippen LogP contribution in [0.5, 0.6) is 0 Å². The smallest absolute Gasteiger partial charge is 0.253 e. The summed E-state index contributed by atoms with van der Waals surface area (Å²) >= 11 is 6.13. The molecule has 0 fully saturated rings. The lowest BCUT2D eigenvalue weighted by molar-refractivity contribution is 0.836. The SMILES string of the molecule is Clc1cccc(-c2ccc3cnc(-n4cnc5cnccc54)nn23)c1. The van der Waals surface area contributed by atoms with E-state index in [0.29, 0.717) is 11.0 Å². The molecule has 0 radical (unpaired) electrons. The van der Waals surface area contributed by atoms with Crippen LogP contribution < -0.4 is 0 Å². The highest BCUT2D eigenvalue weighted by Crippen LogP contribution is 2.25. The van der Waals surface area contributed by atoms with Crippen molar-refractivity contribution in [1.29, 1.82) is 0 Å². The van der Waals surface area contributed by atoms with Crippen LogP contribution in [0.25, 0.3) is 33.8 Å². The Labute approximate surface area is 147 Å². The third-order valence-electron chi connectivity index (χ3n) is 4.07. The number of nitrogens with zero attached hydrogens (tertiary/aromatic N) is 6. The van der Waals surface area contributed by atoms with Crippen LogP contribution in [0.4, 0.5) is 0 Å². The van der Waals surface area contributed by atoms with Gasteiger partial charge < -0.3 is 0 Å². The second-order valence-electron chi connectivity index (χ2n) is 5.60. The zero-order valence-electron chi connectivity index (χ0n) is 12.9. The van der Waals surface area contributed by atoms with Crippen molar-refractivity contribution < 1.29 is 0 Å². The molecule has 0 aliphatic heterocycles.